The highest BCUT2D eigenvalue weighted by Crippen LogP contribution is 2.40. The molecule has 2 nitrogen and oxygen atoms in total. The third kappa shape index (κ3) is 2.85. The highest BCUT2D eigenvalue weighted by Gasteiger charge is 2.29. The van der Waals surface area contributed by atoms with E-state index in [1.54, 1.807) is 11.1 Å². The number of ether oxygens (including phenoxy) is 1. The highest BCUT2D eigenvalue weighted by atomic mass is 16.5. The minimum absolute atomic E-state index is 0.258. The minimum Gasteiger partial charge on any atom is -0.491 e. The Morgan fingerprint density at radius 1 is 1.30 bits per heavy atom. The van der Waals surface area contributed by atoms with E-state index in [1.807, 2.05) is 0 Å². The SMILES string of the molecule is CC(C)Oc1ccc2c(c1)[C@H](C[C@H]1CCCN1C)CC2. The first-order chi connectivity index (χ1) is 9.63. The summed E-state index contributed by atoms with van der Waals surface area (Å²) in [6.45, 7) is 5.47. The van der Waals surface area contributed by atoms with E-state index in [0.29, 0.717) is 0 Å². The van der Waals surface area contributed by atoms with Crippen molar-refractivity contribution < 1.29 is 4.74 Å². The van der Waals surface area contributed by atoms with Crippen LogP contribution in [0.25, 0.3) is 0 Å². The van der Waals surface area contributed by atoms with Crippen molar-refractivity contribution >= 4 is 0 Å². The molecule has 0 aromatic heterocycles. The molecule has 1 aromatic carbocycles. The smallest absolute Gasteiger partial charge is 0.119 e. The number of rotatable bonds is 4. The lowest BCUT2D eigenvalue weighted by Crippen LogP contribution is -2.26. The maximum absolute atomic E-state index is 5.87. The average Bonchev–Trinajstić information content (AvgIpc) is 2.97. The normalized spacial score (nSPS) is 26.2. The van der Waals surface area contributed by atoms with E-state index in [2.05, 4.69) is 44.0 Å². The van der Waals surface area contributed by atoms with Crippen LogP contribution in [0, 0.1) is 0 Å². The van der Waals surface area contributed by atoms with Crippen LogP contribution < -0.4 is 4.74 Å². The van der Waals surface area contributed by atoms with Gasteiger partial charge >= 0.3 is 0 Å². The molecule has 1 saturated heterocycles. The van der Waals surface area contributed by atoms with Gasteiger partial charge in [0.1, 0.15) is 5.75 Å². The zero-order valence-corrected chi connectivity index (χ0v) is 13.1. The first-order valence-electron chi connectivity index (χ1n) is 8.13. The van der Waals surface area contributed by atoms with Crippen LogP contribution in [0.2, 0.25) is 0 Å². The lowest BCUT2D eigenvalue weighted by molar-refractivity contribution is 0.242. The molecule has 0 radical (unpaired) electrons. The van der Waals surface area contributed by atoms with Crippen molar-refractivity contribution in [1.82, 2.24) is 4.90 Å². The molecule has 1 aliphatic heterocycles. The van der Waals surface area contributed by atoms with E-state index >= 15 is 0 Å². The first kappa shape index (κ1) is 13.9. The van der Waals surface area contributed by atoms with Gasteiger partial charge in [-0.1, -0.05) is 6.07 Å². The summed E-state index contributed by atoms with van der Waals surface area (Å²) in [5.41, 5.74) is 3.11. The molecule has 20 heavy (non-hydrogen) atoms. The van der Waals surface area contributed by atoms with Crippen molar-refractivity contribution in [3.63, 3.8) is 0 Å². The Hall–Kier alpha value is -1.02. The Labute approximate surface area is 123 Å². The molecule has 0 spiro atoms. The van der Waals surface area contributed by atoms with E-state index < -0.39 is 0 Å². The van der Waals surface area contributed by atoms with Crippen LogP contribution in [0.3, 0.4) is 0 Å². The molecule has 0 N–H and O–H groups in total. The molecular weight excluding hydrogens is 246 g/mol. The van der Waals surface area contributed by atoms with Gasteiger partial charge < -0.3 is 9.64 Å². The van der Waals surface area contributed by atoms with Crippen molar-refractivity contribution in [2.24, 2.45) is 0 Å². The summed E-state index contributed by atoms with van der Waals surface area (Å²) >= 11 is 0. The van der Waals surface area contributed by atoms with Gasteiger partial charge in [0.25, 0.3) is 0 Å². The number of hydrogen-bond acceptors (Lipinski definition) is 2. The van der Waals surface area contributed by atoms with E-state index in [-0.39, 0.29) is 6.10 Å². The minimum atomic E-state index is 0.258. The van der Waals surface area contributed by atoms with Crippen LogP contribution in [0.5, 0.6) is 5.75 Å². The van der Waals surface area contributed by atoms with Crippen molar-refractivity contribution in [3.8, 4) is 5.75 Å². The summed E-state index contributed by atoms with van der Waals surface area (Å²) in [6, 6.07) is 7.52. The van der Waals surface area contributed by atoms with Gasteiger partial charge in [-0.05, 0) is 88.7 Å². The maximum atomic E-state index is 5.87. The monoisotopic (exact) mass is 273 g/mol. The topological polar surface area (TPSA) is 12.5 Å². The van der Waals surface area contributed by atoms with Crippen molar-refractivity contribution in [2.75, 3.05) is 13.6 Å². The number of hydrogen-bond donors (Lipinski definition) is 0. The van der Waals surface area contributed by atoms with E-state index in [4.69, 9.17) is 4.74 Å². The Bertz CT molecular complexity index is 468. The second-order valence-electron chi connectivity index (χ2n) is 6.78. The Morgan fingerprint density at radius 3 is 2.85 bits per heavy atom. The molecule has 1 fully saturated rings. The van der Waals surface area contributed by atoms with Crippen molar-refractivity contribution in [2.45, 2.75) is 64.0 Å². The van der Waals surface area contributed by atoms with Gasteiger partial charge in [-0.2, -0.15) is 0 Å². The summed E-state index contributed by atoms with van der Waals surface area (Å²) in [4.78, 5) is 2.55. The molecule has 2 aliphatic rings. The highest BCUT2D eigenvalue weighted by molar-refractivity contribution is 5.41. The largest absolute Gasteiger partial charge is 0.491 e. The zero-order valence-electron chi connectivity index (χ0n) is 13.1. The van der Waals surface area contributed by atoms with Gasteiger partial charge in [-0.15, -0.1) is 0 Å². The average molecular weight is 273 g/mol. The quantitative estimate of drug-likeness (QED) is 0.822. The second kappa shape index (κ2) is 5.77. The molecule has 2 atom stereocenters. The van der Waals surface area contributed by atoms with Gasteiger partial charge in [-0.25, -0.2) is 0 Å². The predicted molar refractivity (Wildman–Crippen MR) is 83.5 cm³/mol. The van der Waals surface area contributed by atoms with E-state index in [9.17, 15) is 0 Å². The summed E-state index contributed by atoms with van der Waals surface area (Å²) in [5.74, 6) is 1.79. The molecule has 0 unspecified atom stereocenters. The number of fused-ring (bicyclic) bond motifs is 1. The Kier molecular flexibility index (Phi) is 4.02. The number of likely N-dealkylation sites (tertiary alicyclic amines) is 1. The molecule has 0 saturated carbocycles. The Morgan fingerprint density at radius 2 is 2.15 bits per heavy atom. The third-order valence-electron chi connectivity index (χ3n) is 4.92. The van der Waals surface area contributed by atoms with Gasteiger partial charge in [0.15, 0.2) is 0 Å². The number of aryl methyl sites for hydroxylation is 1. The number of nitrogens with zero attached hydrogens (tertiary/aromatic N) is 1. The van der Waals surface area contributed by atoms with Gasteiger partial charge in [0, 0.05) is 6.04 Å². The van der Waals surface area contributed by atoms with Crippen LogP contribution in [0.4, 0.5) is 0 Å². The molecule has 110 valence electrons. The van der Waals surface area contributed by atoms with Crippen molar-refractivity contribution in [3.05, 3.63) is 29.3 Å². The summed E-state index contributed by atoms with van der Waals surface area (Å²) in [7, 11) is 2.28. The standard InChI is InChI=1S/C18H27NO/c1-13(2)20-17-9-8-14-6-7-15(18(14)12-17)11-16-5-4-10-19(16)3/h8-9,12-13,15-16H,4-7,10-11H2,1-3H3/t15-,16+/m0/s1. The van der Waals surface area contributed by atoms with E-state index in [1.165, 1.54) is 38.6 Å². The third-order valence-corrected chi connectivity index (χ3v) is 4.92. The predicted octanol–water partition coefficient (Wildman–Crippen LogP) is 3.99. The Balaban J connectivity index is 1.74. The fourth-order valence-electron chi connectivity index (χ4n) is 3.86. The summed E-state index contributed by atoms with van der Waals surface area (Å²) in [5, 5.41) is 0. The molecular formula is C18H27NO. The molecule has 1 aliphatic carbocycles. The molecule has 0 amide bonds. The summed E-state index contributed by atoms with van der Waals surface area (Å²) in [6.07, 6.45) is 6.91. The molecule has 2 heteroatoms. The van der Waals surface area contributed by atoms with Crippen LogP contribution in [-0.4, -0.2) is 30.6 Å². The molecule has 1 heterocycles. The van der Waals surface area contributed by atoms with Crippen LogP contribution in [0.15, 0.2) is 18.2 Å². The lowest BCUT2D eigenvalue weighted by Gasteiger charge is -2.23. The first-order valence-corrected chi connectivity index (χ1v) is 8.13. The van der Waals surface area contributed by atoms with Crippen LogP contribution in [0.1, 0.15) is 56.6 Å². The van der Waals surface area contributed by atoms with Crippen LogP contribution >= 0.6 is 0 Å². The maximum Gasteiger partial charge on any atom is 0.119 e. The van der Waals surface area contributed by atoms with Crippen molar-refractivity contribution in [1.29, 1.82) is 0 Å². The fourth-order valence-corrected chi connectivity index (χ4v) is 3.86. The van der Waals surface area contributed by atoms with Gasteiger partial charge in [0.2, 0.25) is 0 Å². The molecule has 0 bridgehead atoms. The summed E-state index contributed by atoms with van der Waals surface area (Å²) < 4.78 is 5.87. The molecule has 3 rings (SSSR count). The fraction of sp³-hybridized carbons (Fsp3) is 0.667. The van der Waals surface area contributed by atoms with Gasteiger partial charge in [-0.3, -0.25) is 0 Å². The van der Waals surface area contributed by atoms with Gasteiger partial charge in [0.05, 0.1) is 6.10 Å². The molecule has 1 aromatic rings. The second-order valence-corrected chi connectivity index (χ2v) is 6.78. The zero-order chi connectivity index (χ0) is 14.1. The lowest BCUT2D eigenvalue weighted by atomic mass is 9.92. The van der Waals surface area contributed by atoms with Crippen LogP contribution in [-0.2, 0) is 6.42 Å². The number of benzene rings is 1. The van der Waals surface area contributed by atoms with E-state index in [0.717, 1.165) is 17.7 Å².